The van der Waals surface area contributed by atoms with Crippen LogP contribution in [-0.4, -0.2) is 34.6 Å². The highest BCUT2D eigenvalue weighted by atomic mass is 32.2. The van der Waals surface area contributed by atoms with E-state index in [9.17, 15) is 9.18 Å². The largest absolute Gasteiger partial charge is 0.431 e. The Balaban J connectivity index is 1.40. The van der Waals surface area contributed by atoms with Crippen molar-refractivity contribution < 1.29 is 13.6 Å². The minimum Gasteiger partial charge on any atom is -0.431 e. The number of para-hydroxylation sites is 2. The highest BCUT2D eigenvalue weighted by molar-refractivity contribution is 7.99. The molecule has 0 spiro atoms. The molecule has 4 rings (SSSR count). The molecule has 2 heterocycles. The number of fused-ring (bicyclic) bond motifs is 1. The molecular weight excluding hydrogens is 363 g/mol. The van der Waals surface area contributed by atoms with E-state index in [1.165, 1.54) is 23.9 Å². The molecule has 1 fully saturated rings. The van der Waals surface area contributed by atoms with Gasteiger partial charge in [0.2, 0.25) is 5.91 Å². The molecule has 0 aliphatic carbocycles. The lowest BCUT2D eigenvalue weighted by molar-refractivity contribution is -0.128. The molecule has 3 aromatic rings. The zero-order valence-electron chi connectivity index (χ0n) is 14.9. The van der Waals surface area contributed by atoms with Crippen LogP contribution in [0.2, 0.25) is 0 Å². The molecule has 1 unspecified atom stereocenters. The van der Waals surface area contributed by atoms with Crippen molar-refractivity contribution in [2.75, 3.05) is 18.8 Å². The molecule has 2 aromatic carbocycles. The van der Waals surface area contributed by atoms with Crippen molar-refractivity contribution in [3.8, 4) is 0 Å². The fourth-order valence-corrected chi connectivity index (χ4v) is 4.24. The van der Waals surface area contributed by atoms with Crippen LogP contribution in [0.5, 0.6) is 0 Å². The molecule has 1 saturated heterocycles. The van der Waals surface area contributed by atoms with Gasteiger partial charge in [-0.3, -0.25) is 4.79 Å². The zero-order valence-corrected chi connectivity index (χ0v) is 15.8. The monoisotopic (exact) mass is 384 g/mol. The number of hydrogen-bond donors (Lipinski definition) is 0. The first-order valence-corrected chi connectivity index (χ1v) is 10.2. The molecule has 0 N–H and O–H groups in total. The Labute approximate surface area is 161 Å². The summed E-state index contributed by atoms with van der Waals surface area (Å²) < 4.78 is 18.9. The number of thioether (sulfide) groups is 1. The first kappa shape index (κ1) is 18.0. The molecule has 140 valence electrons. The predicted octanol–water partition coefficient (Wildman–Crippen LogP) is 4.86. The van der Waals surface area contributed by atoms with E-state index in [0.717, 1.165) is 42.5 Å². The first-order valence-electron chi connectivity index (χ1n) is 9.20. The third-order valence-electron chi connectivity index (χ3n) is 4.96. The van der Waals surface area contributed by atoms with Crippen molar-refractivity contribution in [1.82, 2.24) is 9.88 Å². The molecule has 4 nitrogen and oxygen atoms in total. The summed E-state index contributed by atoms with van der Waals surface area (Å²) in [6, 6.07) is 14.2. The topological polar surface area (TPSA) is 46.3 Å². The lowest BCUT2D eigenvalue weighted by atomic mass is 9.94. The first-order chi connectivity index (χ1) is 13.2. The van der Waals surface area contributed by atoms with E-state index in [-0.39, 0.29) is 17.6 Å². The summed E-state index contributed by atoms with van der Waals surface area (Å²) >= 11 is 1.34. The fraction of sp³-hybridized carbons (Fsp3) is 0.333. The molecule has 1 amide bonds. The third-order valence-corrected chi connectivity index (χ3v) is 5.77. The van der Waals surface area contributed by atoms with E-state index in [4.69, 9.17) is 4.42 Å². The van der Waals surface area contributed by atoms with Gasteiger partial charge in [-0.05, 0) is 42.7 Å². The van der Waals surface area contributed by atoms with Crippen LogP contribution in [0.15, 0.2) is 58.2 Å². The number of aromatic nitrogens is 1. The van der Waals surface area contributed by atoms with E-state index in [1.54, 1.807) is 0 Å². The van der Waals surface area contributed by atoms with Gasteiger partial charge in [0.25, 0.3) is 5.22 Å². The predicted molar refractivity (Wildman–Crippen MR) is 104 cm³/mol. The Morgan fingerprint density at radius 2 is 2.00 bits per heavy atom. The van der Waals surface area contributed by atoms with Crippen molar-refractivity contribution in [1.29, 1.82) is 0 Å². The Morgan fingerprint density at radius 1 is 1.19 bits per heavy atom. The van der Waals surface area contributed by atoms with Crippen LogP contribution >= 0.6 is 11.8 Å². The molecule has 0 radical (unpaired) electrons. The molecule has 1 aliphatic heterocycles. The number of amides is 1. The zero-order chi connectivity index (χ0) is 18.6. The van der Waals surface area contributed by atoms with Crippen molar-refractivity contribution in [3.63, 3.8) is 0 Å². The van der Waals surface area contributed by atoms with Gasteiger partial charge in [-0.1, -0.05) is 42.4 Å². The van der Waals surface area contributed by atoms with Crippen LogP contribution in [0.3, 0.4) is 0 Å². The minimum absolute atomic E-state index is 0.0938. The van der Waals surface area contributed by atoms with Gasteiger partial charge in [-0.15, -0.1) is 0 Å². The van der Waals surface area contributed by atoms with Crippen LogP contribution < -0.4 is 0 Å². The van der Waals surface area contributed by atoms with Crippen LogP contribution in [0.4, 0.5) is 4.39 Å². The number of oxazole rings is 1. The molecule has 1 aliphatic rings. The average Bonchev–Trinajstić information content (AvgIpc) is 2.94. The maximum atomic E-state index is 13.2. The molecule has 1 aromatic heterocycles. The van der Waals surface area contributed by atoms with Gasteiger partial charge in [0, 0.05) is 19.0 Å². The number of carbonyl (C=O) groups excluding carboxylic acids is 1. The number of carbonyl (C=O) groups is 1. The summed E-state index contributed by atoms with van der Waals surface area (Å²) in [7, 11) is 0. The summed E-state index contributed by atoms with van der Waals surface area (Å²) in [5.74, 6) is 0.431. The third kappa shape index (κ3) is 4.33. The standard InChI is InChI=1S/C21H21FN2O2S/c22-17-10-8-15(9-11-17)16-5-3-4-12-24(13-16)20(25)14-27-21-23-18-6-1-2-7-19(18)26-21/h1-2,6-11,16H,3-5,12-14H2. The van der Waals surface area contributed by atoms with Crippen LogP contribution in [0, 0.1) is 5.82 Å². The average molecular weight is 384 g/mol. The molecule has 27 heavy (non-hydrogen) atoms. The van der Waals surface area contributed by atoms with Crippen LogP contribution in [-0.2, 0) is 4.79 Å². The summed E-state index contributed by atoms with van der Waals surface area (Å²) in [5.41, 5.74) is 2.64. The Hall–Kier alpha value is -2.34. The van der Waals surface area contributed by atoms with Crippen LogP contribution in [0.1, 0.15) is 30.7 Å². The molecule has 0 bridgehead atoms. The maximum Gasteiger partial charge on any atom is 0.257 e. The van der Waals surface area contributed by atoms with Crippen molar-refractivity contribution in [2.45, 2.75) is 30.4 Å². The number of nitrogens with zero attached hydrogens (tertiary/aromatic N) is 2. The summed E-state index contributed by atoms with van der Waals surface area (Å²) in [6.45, 7) is 1.45. The van der Waals surface area contributed by atoms with E-state index in [1.807, 2.05) is 41.3 Å². The highest BCUT2D eigenvalue weighted by Crippen LogP contribution is 2.28. The normalized spacial score (nSPS) is 17.8. The lowest BCUT2D eigenvalue weighted by Crippen LogP contribution is -2.35. The lowest BCUT2D eigenvalue weighted by Gasteiger charge is -2.24. The summed E-state index contributed by atoms with van der Waals surface area (Å²) in [5, 5.41) is 0.523. The smallest absolute Gasteiger partial charge is 0.257 e. The van der Waals surface area contributed by atoms with Gasteiger partial charge in [-0.25, -0.2) is 9.37 Å². The summed E-state index contributed by atoms with van der Waals surface area (Å²) in [6.07, 6.45) is 3.09. The van der Waals surface area contributed by atoms with Gasteiger partial charge >= 0.3 is 0 Å². The number of halogens is 1. The molecule has 6 heteroatoms. The van der Waals surface area contributed by atoms with Gasteiger partial charge in [0.05, 0.1) is 5.75 Å². The highest BCUT2D eigenvalue weighted by Gasteiger charge is 2.23. The SMILES string of the molecule is O=C(CSc1nc2ccccc2o1)N1CCCCC(c2ccc(F)cc2)C1. The minimum atomic E-state index is -0.227. The summed E-state index contributed by atoms with van der Waals surface area (Å²) in [4.78, 5) is 19.1. The molecule has 0 saturated carbocycles. The Kier molecular flexibility index (Phi) is 5.43. The van der Waals surface area contributed by atoms with Gasteiger partial charge in [0.1, 0.15) is 11.3 Å². The van der Waals surface area contributed by atoms with Crippen LogP contribution in [0.25, 0.3) is 11.1 Å². The van der Waals surface area contributed by atoms with E-state index >= 15 is 0 Å². The Bertz CT molecular complexity index is 892. The van der Waals surface area contributed by atoms with Crippen molar-refractivity contribution in [3.05, 3.63) is 59.9 Å². The number of likely N-dealkylation sites (tertiary alicyclic amines) is 1. The van der Waals surface area contributed by atoms with Crippen molar-refractivity contribution in [2.24, 2.45) is 0 Å². The molecule has 1 atom stereocenters. The molecular formula is C21H21FN2O2S. The second-order valence-electron chi connectivity index (χ2n) is 6.82. The number of hydrogen-bond acceptors (Lipinski definition) is 4. The van der Waals surface area contributed by atoms with Crippen molar-refractivity contribution >= 4 is 28.8 Å². The number of rotatable bonds is 4. The van der Waals surface area contributed by atoms with Gasteiger partial charge in [-0.2, -0.15) is 0 Å². The second-order valence-corrected chi connectivity index (χ2v) is 7.75. The second kappa shape index (κ2) is 8.13. The van der Waals surface area contributed by atoms with Gasteiger partial charge in [0.15, 0.2) is 5.58 Å². The van der Waals surface area contributed by atoms with Gasteiger partial charge < -0.3 is 9.32 Å². The Morgan fingerprint density at radius 3 is 2.81 bits per heavy atom. The fourth-order valence-electron chi connectivity index (χ4n) is 3.50. The van der Waals surface area contributed by atoms with E-state index in [2.05, 4.69) is 4.98 Å². The van der Waals surface area contributed by atoms with E-state index in [0.29, 0.717) is 17.5 Å². The quantitative estimate of drug-likeness (QED) is 0.603. The number of benzene rings is 2. The maximum absolute atomic E-state index is 13.2. The van der Waals surface area contributed by atoms with E-state index < -0.39 is 0 Å².